The van der Waals surface area contributed by atoms with Crippen LogP contribution in [0.4, 0.5) is 11.4 Å². The third kappa shape index (κ3) is 3.50. The first-order valence-electron chi connectivity index (χ1n) is 9.56. The Morgan fingerprint density at radius 3 is 1.97 bits per heavy atom. The second kappa shape index (κ2) is 7.95. The van der Waals surface area contributed by atoms with Gasteiger partial charge in [0.05, 0.1) is 31.0 Å². The Hall–Kier alpha value is -4.13. The van der Waals surface area contributed by atoms with Crippen molar-refractivity contribution in [1.82, 2.24) is 0 Å². The molecule has 4 rings (SSSR count). The Bertz CT molecular complexity index is 1160. The Kier molecular flexibility index (Phi) is 5.17. The number of anilines is 2. The average Bonchev–Trinajstić information content (AvgIpc) is 3.04. The van der Waals surface area contributed by atoms with Gasteiger partial charge in [0.2, 0.25) is 0 Å². The fourth-order valence-electron chi connectivity index (χ4n) is 3.57. The number of nitrogens with one attached hydrogen (secondary N) is 1. The Labute approximate surface area is 179 Å². The van der Waals surface area contributed by atoms with E-state index in [2.05, 4.69) is 5.32 Å². The first-order valence-corrected chi connectivity index (χ1v) is 9.56. The number of carbonyl (C=O) groups excluding carboxylic acids is 3. The highest BCUT2D eigenvalue weighted by molar-refractivity contribution is 6.34. The summed E-state index contributed by atoms with van der Waals surface area (Å²) in [5, 5.41) is 2.80. The highest BCUT2D eigenvalue weighted by Crippen LogP contribution is 2.31. The van der Waals surface area contributed by atoms with Gasteiger partial charge in [0.25, 0.3) is 17.7 Å². The third-order valence-electron chi connectivity index (χ3n) is 5.17. The van der Waals surface area contributed by atoms with Crippen LogP contribution < -0.4 is 19.7 Å². The molecule has 0 fully saturated rings. The maximum Gasteiger partial charge on any atom is 0.266 e. The first kappa shape index (κ1) is 20.2. The Balaban J connectivity index is 1.61. The molecule has 7 nitrogen and oxygen atoms in total. The number of hydrogen-bond donors (Lipinski definition) is 1. The van der Waals surface area contributed by atoms with Gasteiger partial charge in [0, 0.05) is 16.8 Å². The van der Waals surface area contributed by atoms with Gasteiger partial charge in [-0.3, -0.25) is 14.4 Å². The summed E-state index contributed by atoms with van der Waals surface area (Å²) in [5.74, 6) is -0.0983. The fraction of sp³-hybridized carbons (Fsp3) is 0.125. The lowest BCUT2D eigenvalue weighted by Crippen LogP contribution is -2.29. The van der Waals surface area contributed by atoms with Crippen molar-refractivity contribution in [3.63, 3.8) is 0 Å². The molecule has 3 aromatic rings. The second-order valence-electron chi connectivity index (χ2n) is 7.00. The summed E-state index contributed by atoms with van der Waals surface area (Å²) in [4.78, 5) is 39.4. The molecule has 0 radical (unpaired) electrons. The van der Waals surface area contributed by atoms with E-state index in [1.165, 1.54) is 14.2 Å². The number of methoxy groups -OCH3 is 2. The van der Waals surface area contributed by atoms with E-state index in [9.17, 15) is 14.4 Å². The predicted octanol–water partition coefficient (Wildman–Crippen LogP) is 4.07. The molecule has 1 aliphatic rings. The van der Waals surface area contributed by atoms with E-state index in [0.717, 1.165) is 10.5 Å². The molecule has 3 aromatic carbocycles. The maximum atomic E-state index is 12.8. The lowest BCUT2D eigenvalue weighted by atomic mass is 10.1. The number of nitrogens with zero attached hydrogens (tertiary/aromatic N) is 1. The number of ether oxygens (including phenoxy) is 2. The summed E-state index contributed by atoms with van der Waals surface area (Å²) in [7, 11) is 3.05. The SMILES string of the molecule is COc1cc(C(=O)Nc2cccc(N3C(=O)c4ccccc4C3=O)c2)cc(OC)c1C. The number of hydrogen-bond acceptors (Lipinski definition) is 5. The molecular formula is C24H20N2O5. The van der Waals surface area contributed by atoms with E-state index in [1.807, 2.05) is 6.92 Å². The molecule has 0 unspecified atom stereocenters. The summed E-state index contributed by atoms with van der Waals surface area (Å²) >= 11 is 0. The Morgan fingerprint density at radius 1 is 0.839 bits per heavy atom. The largest absolute Gasteiger partial charge is 0.496 e. The van der Waals surface area contributed by atoms with Crippen molar-refractivity contribution in [3.8, 4) is 11.5 Å². The zero-order valence-electron chi connectivity index (χ0n) is 17.3. The van der Waals surface area contributed by atoms with E-state index in [0.29, 0.717) is 39.6 Å². The highest BCUT2D eigenvalue weighted by atomic mass is 16.5. The molecule has 0 saturated carbocycles. The lowest BCUT2D eigenvalue weighted by Gasteiger charge is -2.16. The maximum absolute atomic E-state index is 12.8. The summed E-state index contributed by atoms with van der Waals surface area (Å²) in [6.07, 6.45) is 0. The average molecular weight is 416 g/mol. The lowest BCUT2D eigenvalue weighted by molar-refractivity contribution is 0.0925. The number of amides is 3. The molecule has 0 bridgehead atoms. The van der Waals surface area contributed by atoms with Crippen molar-refractivity contribution < 1.29 is 23.9 Å². The van der Waals surface area contributed by atoms with E-state index >= 15 is 0 Å². The van der Waals surface area contributed by atoms with E-state index in [-0.39, 0.29) is 5.91 Å². The van der Waals surface area contributed by atoms with Crippen molar-refractivity contribution in [2.24, 2.45) is 0 Å². The van der Waals surface area contributed by atoms with Gasteiger partial charge in [-0.1, -0.05) is 18.2 Å². The molecule has 1 N–H and O–H groups in total. The van der Waals surface area contributed by atoms with Crippen molar-refractivity contribution in [1.29, 1.82) is 0 Å². The topological polar surface area (TPSA) is 84.9 Å². The molecule has 31 heavy (non-hydrogen) atoms. The van der Waals surface area contributed by atoms with Crippen LogP contribution in [-0.4, -0.2) is 31.9 Å². The summed E-state index contributed by atoms with van der Waals surface area (Å²) in [6.45, 7) is 1.84. The predicted molar refractivity (Wildman–Crippen MR) is 116 cm³/mol. The summed E-state index contributed by atoms with van der Waals surface area (Å²) in [5.41, 5.74) is 2.68. The molecule has 7 heteroatoms. The number of benzene rings is 3. The monoisotopic (exact) mass is 416 g/mol. The van der Waals surface area contributed by atoms with Crippen LogP contribution in [0.2, 0.25) is 0 Å². The van der Waals surface area contributed by atoms with Gasteiger partial charge in [0.1, 0.15) is 11.5 Å². The minimum absolute atomic E-state index is 0.352. The number of rotatable bonds is 5. The number of imide groups is 1. The van der Waals surface area contributed by atoms with Gasteiger partial charge in [-0.25, -0.2) is 4.90 Å². The molecule has 1 heterocycles. The normalized spacial score (nSPS) is 12.5. The highest BCUT2D eigenvalue weighted by Gasteiger charge is 2.36. The standard InChI is InChI=1S/C24H20N2O5/c1-14-20(30-2)11-15(12-21(14)31-3)22(27)25-16-7-6-8-17(13-16)26-23(28)18-9-4-5-10-19(18)24(26)29/h4-13H,1-3H3,(H,25,27). The van der Waals surface area contributed by atoms with E-state index in [4.69, 9.17) is 9.47 Å². The van der Waals surface area contributed by atoms with Gasteiger partial charge >= 0.3 is 0 Å². The van der Waals surface area contributed by atoms with Gasteiger partial charge < -0.3 is 14.8 Å². The molecule has 0 aliphatic carbocycles. The number of fused-ring (bicyclic) bond motifs is 1. The molecule has 1 aliphatic heterocycles. The van der Waals surface area contributed by atoms with Crippen LogP contribution in [0.5, 0.6) is 11.5 Å². The minimum atomic E-state index is -0.392. The van der Waals surface area contributed by atoms with Crippen LogP contribution in [0.3, 0.4) is 0 Å². The molecule has 0 atom stereocenters. The molecule has 0 aromatic heterocycles. The Morgan fingerprint density at radius 2 is 1.42 bits per heavy atom. The van der Waals surface area contributed by atoms with Gasteiger partial charge in [-0.2, -0.15) is 0 Å². The zero-order chi connectivity index (χ0) is 22.1. The quantitative estimate of drug-likeness (QED) is 0.634. The fourth-order valence-corrected chi connectivity index (χ4v) is 3.57. The summed E-state index contributed by atoms with van der Waals surface area (Å²) in [6, 6.07) is 16.5. The third-order valence-corrected chi connectivity index (χ3v) is 5.17. The van der Waals surface area contributed by atoms with Gasteiger partial charge in [-0.15, -0.1) is 0 Å². The smallest absolute Gasteiger partial charge is 0.266 e. The molecule has 3 amide bonds. The zero-order valence-corrected chi connectivity index (χ0v) is 17.3. The molecule has 0 saturated heterocycles. The summed E-state index contributed by atoms with van der Waals surface area (Å²) < 4.78 is 10.7. The van der Waals surface area contributed by atoms with Gasteiger partial charge in [-0.05, 0) is 49.4 Å². The molecule has 156 valence electrons. The van der Waals surface area contributed by atoms with Crippen molar-refractivity contribution in [3.05, 3.63) is 82.9 Å². The van der Waals surface area contributed by atoms with E-state index < -0.39 is 11.8 Å². The number of carbonyl (C=O) groups is 3. The van der Waals surface area contributed by atoms with Crippen LogP contribution in [0.15, 0.2) is 60.7 Å². The van der Waals surface area contributed by atoms with Crippen LogP contribution in [0.25, 0.3) is 0 Å². The second-order valence-corrected chi connectivity index (χ2v) is 7.00. The van der Waals surface area contributed by atoms with Gasteiger partial charge in [0.15, 0.2) is 0 Å². The van der Waals surface area contributed by atoms with Crippen molar-refractivity contribution in [2.45, 2.75) is 6.92 Å². The van der Waals surface area contributed by atoms with Crippen LogP contribution in [-0.2, 0) is 0 Å². The van der Waals surface area contributed by atoms with E-state index in [1.54, 1.807) is 60.7 Å². The van der Waals surface area contributed by atoms with Crippen LogP contribution in [0, 0.1) is 6.92 Å². The van der Waals surface area contributed by atoms with Crippen LogP contribution >= 0.6 is 0 Å². The minimum Gasteiger partial charge on any atom is -0.496 e. The van der Waals surface area contributed by atoms with Crippen molar-refractivity contribution in [2.75, 3.05) is 24.4 Å². The molecular weight excluding hydrogens is 396 g/mol. The van der Waals surface area contributed by atoms with Crippen LogP contribution in [0.1, 0.15) is 36.6 Å². The first-order chi connectivity index (χ1) is 14.9. The molecule has 0 spiro atoms. The van der Waals surface area contributed by atoms with Crippen molar-refractivity contribution >= 4 is 29.1 Å².